The number of carboxylic acids is 1. The summed E-state index contributed by atoms with van der Waals surface area (Å²) in [6, 6.07) is 2.53. The van der Waals surface area contributed by atoms with E-state index in [0.29, 0.717) is 42.3 Å². The molecule has 1 N–H and O–H groups in total. The second kappa shape index (κ2) is 4.79. The minimum Gasteiger partial charge on any atom is -0.481 e. The van der Waals surface area contributed by atoms with Gasteiger partial charge in [-0.25, -0.2) is 0 Å². The number of halogens is 3. The minimum atomic E-state index is -4.30. The first-order valence-corrected chi connectivity index (χ1v) is 6.34. The van der Waals surface area contributed by atoms with Crippen molar-refractivity contribution in [3.63, 3.8) is 0 Å². The largest absolute Gasteiger partial charge is 0.481 e. The first kappa shape index (κ1) is 13.2. The first-order chi connectivity index (χ1) is 8.38. The predicted molar refractivity (Wildman–Crippen MR) is 61.9 cm³/mol. The molecule has 2 heterocycles. The maximum atomic E-state index is 12.5. The van der Waals surface area contributed by atoms with Gasteiger partial charge in [-0.1, -0.05) is 0 Å². The maximum absolute atomic E-state index is 12.5. The molecular formula is C11H12F3NO2S. The lowest BCUT2D eigenvalue weighted by Crippen LogP contribution is -2.35. The number of carbonyl (C=O) groups is 1. The van der Waals surface area contributed by atoms with Crippen LogP contribution in [-0.4, -0.2) is 24.2 Å². The van der Waals surface area contributed by atoms with E-state index in [-0.39, 0.29) is 5.92 Å². The summed E-state index contributed by atoms with van der Waals surface area (Å²) in [5, 5.41) is 9.40. The van der Waals surface area contributed by atoms with Crippen LogP contribution < -0.4 is 4.90 Å². The SMILES string of the molecule is O=C(O)C1CCN(c2ccc(C(F)(F)F)s2)CC1. The lowest BCUT2D eigenvalue weighted by Gasteiger charge is -2.30. The summed E-state index contributed by atoms with van der Waals surface area (Å²) >= 11 is 0.709. The summed E-state index contributed by atoms with van der Waals surface area (Å²) in [5.74, 6) is -1.19. The molecule has 0 unspecified atom stereocenters. The van der Waals surface area contributed by atoms with Crippen molar-refractivity contribution in [2.45, 2.75) is 19.0 Å². The fourth-order valence-electron chi connectivity index (χ4n) is 2.00. The second-order valence-corrected chi connectivity index (χ2v) is 5.30. The van der Waals surface area contributed by atoms with Gasteiger partial charge in [0.25, 0.3) is 0 Å². The van der Waals surface area contributed by atoms with Gasteiger partial charge in [0, 0.05) is 13.1 Å². The molecule has 1 aromatic rings. The molecule has 1 aliphatic rings. The molecule has 0 aliphatic carbocycles. The molecule has 2 rings (SSSR count). The Hall–Kier alpha value is -1.24. The molecule has 1 aromatic heterocycles. The van der Waals surface area contributed by atoms with E-state index >= 15 is 0 Å². The van der Waals surface area contributed by atoms with E-state index < -0.39 is 17.0 Å². The van der Waals surface area contributed by atoms with Gasteiger partial charge in [0.15, 0.2) is 0 Å². The van der Waals surface area contributed by atoms with Crippen molar-refractivity contribution in [2.24, 2.45) is 5.92 Å². The van der Waals surface area contributed by atoms with Gasteiger partial charge >= 0.3 is 12.1 Å². The van der Waals surface area contributed by atoms with Crippen LogP contribution in [0.15, 0.2) is 12.1 Å². The molecule has 1 aliphatic heterocycles. The van der Waals surface area contributed by atoms with Crippen LogP contribution in [-0.2, 0) is 11.0 Å². The Kier molecular flexibility index (Phi) is 3.52. The highest BCUT2D eigenvalue weighted by Crippen LogP contribution is 2.38. The Balaban J connectivity index is 2.02. The number of hydrogen-bond acceptors (Lipinski definition) is 3. The zero-order valence-corrected chi connectivity index (χ0v) is 10.2. The molecule has 1 fully saturated rings. The van der Waals surface area contributed by atoms with Gasteiger partial charge in [-0.2, -0.15) is 13.2 Å². The molecule has 0 spiro atoms. The molecule has 0 atom stereocenters. The Bertz CT molecular complexity index is 436. The maximum Gasteiger partial charge on any atom is 0.425 e. The smallest absolute Gasteiger partial charge is 0.425 e. The average molecular weight is 279 g/mol. The predicted octanol–water partition coefficient (Wildman–Crippen LogP) is 3.07. The molecule has 3 nitrogen and oxygen atoms in total. The number of anilines is 1. The lowest BCUT2D eigenvalue weighted by atomic mass is 9.97. The van der Waals surface area contributed by atoms with E-state index in [2.05, 4.69) is 0 Å². The van der Waals surface area contributed by atoms with Gasteiger partial charge in [-0.3, -0.25) is 4.79 Å². The third-order valence-electron chi connectivity index (χ3n) is 3.03. The molecular weight excluding hydrogens is 267 g/mol. The Morgan fingerprint density at radius 1 is 1.33 bits per heavy atom. The number of alkyl halides is 3. The molecule has 1 saturated heterocycles. The summed E-state index contributed by atoms with van der Waals surface area (Å²) in [4.78, 5) is 12.0. The third kappa shape index (κ3) is 2.77. The van der Waals surface area contributed by atoms with Crippen LogP contribution >= 0.6 is 11.3 Å². The Labute approximate surface area is 106 Å². The molecule has 0 saturated carbocycles. The summed E-state index contributed by atoms with van der Waals surface area (Å²) in [7, 11) is 0. The van der Waals surface area contributed by atoms with E-state index in [1.807, 2.05) is 4.90 Å². The molecule has 100 valence electrons. The number of thiophene rings is 1. The molecule has 0 aromatic carbocycles. The summed E-state index contributed by atoms with van der Waals surface area (Å²) in [5.41, 5.74) is 0. The number of aliphatic carboxylic acids is 1. The van der Waals surface area contributed by atoms with E-state index in [1.54, 1.807) is 0 Å². The molecule has 7 heteroatoms. The highest BCUT2D eigenvalue weighted by molar-refractivity contribution is 7.16. The molecule has 0 amide bonds. The van der Waals surface area contributed by atoms with Crippen molar-refractivity contribution in [1.82, 2.24) is 0 Å². The van der Waals surface area contributed by atoms with Crippen molar-refractivity contribution in [1.29, 1.82) is 0 Å². The number of hydrogen-bond donors (Lipinski definition) is 1. The number of piperidine rings is 1. The van der Waals surface area contributed by atoms with Gasteiger partial charge in [-0.15, -0.1) is 11.3 Å². The normalized spacial score (nSPS) is 18.1. The Morgan fingerprint density at radius 3 is 2.39 bits per heavy atom. The monoisotopic (exact) mass is 279 g/mol. The third-order valence-corrected chi connectivity index (χ3v) is 4.22. The highest BCUT2D eigenvalue weighted by Gasteiger charge is 2.33. The van der Waals surface area contributed by atoms with Crippen molar-refractivity contribution < 1.29 is 23.1 Å². The van der Waals surface area contributed by atoms with Crippen LogP contribution in [0.2, 0.25) is 0 Å². The van der Waals surface area contributed by atoms with E-state index in [9.17, 15) is 18.0 Å². The number of carboxylic acid groups (broad SMARTS) is 1. The van der Waals surface area contributed by atoms with Gasteiger partial charge in [0.1, 0.15) is 4.88 Å². The molecule has 0 radical (unpaired) electrons. The van der Waals surface area contributed by atoms with Gasteiger partial charge in [0.05, 0.1) is 10.9 Å². The standard InChI is InChI=1S/C11H12F3NO2S/c12-11(13,14)8-1-2-9(18-8)15-5-3-7(4-6-15)10(16)17/h1-2,7H,3-6H2,(H,16,17). The van der Waals surface area contributed by atoms with Crippen molar-refractivity contribution in [3.05, 3.63) is 17.0 Å². The minimum absolute atomic E-state index is 0.372. The van der Waals surface area contributed by atoms with Gasteiger partial charge < -0.3 is 10.0 Å². The van der Waals surface area contributed by atoms with E-state index in [0.717, 1.165) is 6.07 Å². The van der Waals surface area contributed by atoms with Crippen molar-refractivity contribution >= 4 is 22.3 Å². The quantitative estimate of drug-likeness (QED) is 0.904. The first-order valence-electron chi connectivity index (χ1n) is 5.52. The van der Waals surface area contributed by atoms with Crippen LogP contribution in [0, 0.1) is 5.92 Å². The summed E-state index contributed by atoms with van der Waals surface area (Å²) in [6.45, 7) is 0.990. The van der Waals surface area contributed by atoms with Gasteiger partial charge in [-0.05, 0) is 25.0 Å². The molecule has 18 heavy (non-hydrogen) atoms. The fourth-order valence-corrected chi connectivity index (χ4v) is 2.92. The van der Waals surface area contributed by atoms with Crippen molar-refractivity contribution in [3.8, 4) is 0 Å². The van der Waals surface area contributed by atoms with Gasteiger partial charge in [0.2, 0.25) is 0 Å². The summed E-state index contributed by atoms with van der Waals surface area (Å²) in [6.07, 6.45) is -3.34. The fraction of sp³-hybridized carbons (Fsp3) is 0.545. The Morgan fingerprint density at radius 2 is 1.94 bits per heavy atom. The van der Waals surface area contributed by atoms with Crippen LogP contribution in [0.5, 0.6) is 0 Å². The van der Waals surface area contributed by atoms with Crippen LogP contribution in [0.25, 0.3) is 0 Å². The summed E-state index contributed by atoms with van der Waals surface area (Å²) < 4.78 is 37.4. The molecule has 0 bridgehead atoms. The zero-order valence-electron chi connectivity index (χ0n) is 9.41. The average Bonchev–Trinajstić information content (AvgIpc) is 2.78. The lowest BCUT2D eigenvalue weighted by molar-refractivity contribution is -0.142. The second-order valence-electron chi connectivity index (χ2n) is 4.24. The highest BCUT2D eigenvalue weighted by atomic mass is 32.1. The number of nitrogens with zero attached hydrogens (tertiary/aromatic N) is 1. The van der Waals surface area contributed by atoms with Crippen LogP contribution in [0.4, 0.5) is 18.2 Å². The van der Waals surface area contributed by atoms with E-state index in [1.165, 1.54) is 6.07 Å². The van der Waals surface area contributed by atoms with Crippen LogP contribution in [0.1, 0.15) is 17.7 Å². The zero-order chi connectivity index (χ0) is 13.3. The van der Waals surface area contributed by atoms with Crippen molar-refractivity contribution in [2.75, 3.05) is 18.0 Å². The van der Waals surface area contributed by atoms with E-state index in [4.69, 9.17) is 5.11 Å². The van der Waals surface area contributed by atoms with Crippen LogP contribution in [0.3, 0.4) is 0 Å². The number of rotatable bonds is 2. The topological polar surface area (TPSA) is 40.5 Å².